The van der Waals surface area contributed by atoms with Gasteiger partial charge in [-0.2, -0.15) is 0 Å². The van der Waals surface area contributed by atoms with Gasteiger partial charge in [-0.15, -0.1) is 0 Å². The summed E-state index contributed by atoms with van der Waals surface area (Å²) in [7, 11) is 0. The lowest BCUT2D eigenvalue weighted by molar-refractivity contribution is 0.673. The van der Waals surface area contributed by atoms with Crippen LogP contribution < -0.4 is 0 Å². The van der Waals surface area contributed by atoms with Gasteiger partial charge in [-0.1, -0.05) is 157 Å². The minimum absolute atomic E-state index is 0.0378. The van der Waals surface area contributed by atoms with Gasteiger partial charge in [0, 0.05) is 16.2 Å². The molecular weight excluding hydrogens is 617 g/mol. The van der Waals surface area contributed by atoms with Crippen molar-refractivity contribution in [2.45, 2.75) is 0 Å². The molecule has 1 aromatic heterocycles. The van der Waals surface area contributed by atoms with Crippen LogP contribution >= 0.6 is 0 Å². The second kappa shape index (κ2) is 10.9. The lowest BCUT2D eigenvalue weighted by Crippen LogP contribution is -1.92. The summed E-state index contributed by atoms with van der Waals surface area (Å²) < 4.78 is 142. The Morgan fingerprint density at radius 2 is 1.04 bits per heavy atom. The van der Waals surface area contributed by atoms with E-state index in [1.807, 2.05) is 78.9 Å². The maximum absolute atomic E-state index is 9.53. The van der Waals surface area contributed by atoms with E-state index < -0.39 is 107 Å². The van der Waals surface area contributed by atoms with Gasteiger partial charge in [-0.05, 0) is 106 Å². The molecule has 51 heavy (non-hydrogen) atoms. The van der Waals surface area contributed by atoms with Crippen LogP contribution in [0, 0.1) is 0 Å². The second-order valence-corrected chi connectivity index (χ2v) is 12.4. The van der Waals surface area contributed by atoms with Crippen LogP contribution in [0.2, 0.25) is 0 Å². The van der Waals surface area contributed by atoms with E-state index >= 15 is 0 Å². The molecule has 0 bridgehead atoms. The average molecular weight is 662 g/mol. The zero-order valence-corrected chi connectivity index (χ0v) is 26.6. The molecule has 10 aromatic carbocycles. The Labute approximate surface area is 315 Å². The number of fused-ring (bicyclic) bond motifs is 9. The fourth-order valence-corrected chi connectivity index (χ4v) is 7.50. The molecule has 1 heterocycles. The van der Waals surface area contributed by atoms with E-state index in [0.717, 1.165) is 38.3 Å². The maximum Gasteiger partial charge on any atom is 0.143 e. The Morgan fingerprint density at radius 3 is 1.86 bits per heavy atom. The molecule has 0 radical (unpaired) electrons. The third kappa shape index (κ3) is 4.22. The first kappa shape index (κ1) is 17.3. The van der Waals surface area contributed by atoms with Crippen LogP contribution in [-0.4, -0.2) is 0 Å². The normalized spacial score (nSPS) is 16.0. The predicted octanol–water partition coefficient (Wildman–Crippen LogP) is 14.4. The number of rotatable bonds is 3. The van der Waals surface area contributed by atoms with E-state index in [0.29, 0.717) is 21.9 Å². The van der Waals surface area contributed by atoms with Crippen molar-refractivity contribution in [2.75, 3.05) is 0 Å². The fraction of sp³-hybridized carbons (Fsp3) is 0. The molecule has 1 heteroatoms. The molecule has 0 saturated carbocycles. The second-order valence-electron chi connectivity index (χ2n) is 12.4. The Hall–Kier alpha value is -6.70. The van der Waals surface area contributed by atoms with Crippen molar-refractivity contribution in [1.82, 2.24) is 0 Å². The summed E-state index contributed by atoms with van der Waals surface area (Å²) in [5, 5.41) is 3.21. The summed E-state index contributed by atoms with van der Waals surface area (Å²) in [5.74, 6) is 0. The van der Waals surface area contributed by atoms with Crippen LogP contribution in [0.3, 0.4) is 0 Å². The SMILES string of the molecule is [2H]c1c([2H])c([2H])c2c([2H])c(-c3c4c([2H])c([2H])c([2H])c([2H])c4c(-c4cccc5ccc(-c6cccc7oc8c9ccccc9ccc8c67)cc45)c4c([2H])c([2H])c([2H])c([2H])c34)c([2H])c([2H])c2c1[2H]. The summed E-state index contributed by atoms with van der Waals surface area (Å²) in [6.07, 6.45) is 0. The topological polar surface area (TPSA) is 13.1 Å². The van der Waals surface area contributed by atoms with Gasteiger partial charge in [0.1, 0.15) is 11.2 Å². The minimum atomic E-state index is -0.739. The zero-order valence-electron chi connectivity index (χ0n) is 41.6. The third-order valence-corrected chi connectivity index (χ3v) is 9.72. The van der Waals surface area contributed by atoms with Crippen molar-refractivity contribution in [1.29, 1.82) is 0 Å². The van der Waals surface area contributed by atoms with E-state index in [4.69, 9.17) is 16.8 Å². The Bertz CT molecular complexity index is 3980. The van der Waals surface area contributed by atoms with Crippen LogP contribution in [0.4, 0.5) is 0 Å². The van der Waals surface area contributed by atoms with Crippen molar-refractivity contribution >= 4 is 75.8 Å². The predicted molar refractivity (Wildman–Crippen MR) is 218 cm³/mol. The van der Waals surface area contributed by atoms with Gasteiger partial charge in [0.15, 0.2) is 0 Å². The lowest BCUT2D eigenvalue weighted by atomic mass is 9.84. The third-order valence-electron chi connectivity index (χ3n) is 9.72. The smallest absolute Gasteiger partial charge is 0.143 e. The molecule has 236 valence electrons. The monoisotopic (exact) mass is 661 g/mol. The first-order chi connectivity index (χ1) is 31.5. The van der Waals surface area contributed by atoms with Gasteiger partial charge < -0.3 is 4.42 Å². The molecule has 0 unspecified atom stereocenters. The largest absolute Gasteiger partial charge is 0.455 e. The molecule has 0 aliphatic heterocycles. The van der Waals surface area contributed by atoms with Crippen LogP contribution in [0.1, 0.15) is 20.6 Å². The van der Waals surface area contributed by atoms with E-state index in [1.165, 1.54) is 0 Å². The van der Waals surface area contributed by atoms with E-state index in [9.17, 15) is 8.22 Å². The molecular formula is C50H30O. The van der Waals surface area contributed by atoms with Crippen LogP contribution in [-0.2, 0) is 0 Å². The van der Waals surface area contributed by atoms with Crippen molar-refractivity contribution in [3.8, 4) is 33.4 Å². The quantitative estimate of drug-likeness (QED) is 0.172. The summed E-state index contributed by atoms with van der Waals surface area (Å²) in [6, 6.07) is 18.9. The van der Waals surface area contributed by atoms with Gasteiger partial charge in [-0.25, -0.2) is 0 Å². The van der Waals surface area contributed by atoms with Crippen LogP contribution in [0.25, 0.3) is 109 Å². The van der Waals surface area contributed by atoms with Crippen molar-refractivity contribution in [3.63, 3.8) is 0 Å². The molecule has 0 N–H and O–H groups in total. The molecule has 0 atom stereocenters. The highest BCUT2D eigenvalue weighted by molar-refractivity contribution is 6.24. The maximum atomic E-state index is 9.53. The van der Waals surface area contributed by atoms with Crippen LogP contribution in [0.15, 0.2) is 186 Å². The molecule has 0 saturated heterocycles. The first-order valence-electron chi connectivity index (χ1n) is 23.9. The van der Waals surface area contributed by atoms with E-state index in [1.54, 1.807) is 12.1 Å². The van der Waals surface area contributed by atoms with Crippen molar-refractivity contribution in [3.05, 3.63) is 182 Å². The molecule has 0 aliphatic rings. The van der Waals surface area contributed by atoms with Crippen LogP contribution in [0.5, 0.6) is 0 Å². The standard InChI is InChI=1S/C50H30O/c1-2-13-34-29-36(26-23-31(34)11-1)47-39-16-5-7-18-41(39)48(42-19-8-6-17-40(42)47)43-21-9-14-33-24-25-35(30-45(33)43)37-20-10-22-46-49(37)44-28-27-32-12-3-4-15-38(32)50(44)51-46/h1-30H/i1D,2D,5D,6D,7D,8D,11D,13D,16D,17D,18D,19D,23D,26D,29D. The minimum Gasteiger partial charge on any atom is -0.455 e. The Morgan fingerprint density at radius 1 is 0.392 bits per heavy atom. The van der Waals surface area contributed by atoms with E-state index in [2.05, 4.69) is 0 Å². The average Bonchev–Trinajstić information content (AvgIpc) is 3.72. The zero-order chi connectivity index (χ0) is 46.5. The highest BCUT2D eigenvalue weighted by Gasteiger charge is 2.19. The van der Waals surface area contributed by atoms with Gasteiger partial charge in [0.25, 0.3) is 0 Å². The summed E-state index contributed by atoms with van der Waals surface area (Å²) in [4.78, 5) is 0. The molecule has 11 rings (SSSR count). The molecule has 1 nitrogen and oxygen atoms in total. The fourth-order valence-electron chi connectivity index (χ4n) is 7.50. The highest BCUT2D eigenvalue weighted by Crippen LogP contribution is 2.47. The lowest BCUT2D eigenvalue weighted by Gasteiger charge is -2.19. The van der Waals surface area contributed by atoms with Gasteiger partial charge >= 0.3 is 0 Å². The van der Waals surface area contributed by atoms with Gasteiger partial charge in [-0.3, -0.25) is 0 Å². The molecule has 11 aromatic rings. The molecule has 0 aliphatic carbocycles. The molecule has 0 spiro atoms. The summed E-state index contributed by atoms with van der Waals surface area (Å²) in [6.45, 7) is 0. The number of benzene rings is 10. The van der Waals surface area contributed by atoms with Gasteiger partial charge in [0.2, 0.25) is 0 Å². The van der Waals surface area contributed by atoms with Crippen molar-refractivity contribution < 1.29 is 25.0 Å². The molecule has 0 amide bonds. The summed E-state index contributed by atoms with van der Waals surface area (Å²) in [5.41, 5.74) is 2.51. The Balaban J connectivity index is 1.32. The first-order valence-corrected chi connectivity index (χ1v) is 16.4. The highest BCUT2D eigenvalue weighted by atomic mass is 16.3. The number of furan rings is 1. The van der Waals surface area contributed by atoms with Gasteiger partial charge in [0.05, 0.1) is 20.6 Å². The molecule has 0 fully saturated rings. The van der Waals surface area contributed by atoms with E-state index in [-0.39, 0.29) is 32.7 Å². The number of hydrogen-bond donors (Lipinski definition) is 0. The van der Waals surface area contributed by atoms with Crippen molar-refractivity contribution in [2.24, 2.45) is 0 Å². The summed E-state index contributed by atoms with van der Waals surface area (Å²) >= 11 is 0. The number of hydrogen-bond acceptors (Lipinski definition) is 1. The Kier molecular flexibility index (Phi) is 3.70.